The monoisotopic (exact) mass is 313 g/mol. The van der Waals surface area contributed by atoms with Crippen molar-refractivity contribution in [1.29, 1.82) is 0 Å². The van der Waals surface area contributed by atoms with Crippen molar-refractivity contribution in [3.63, 3.8) is 0 Å². The van der Waals surface area contributed by atoms with Gasteiger partial charge in [-0.05, 0) is 37.1 Å². The molecule has 0 spiro atoms. The second kappa shape index (κ2) is 7.68. The maximum Gasteiger partial charge on any atom is 0.224 e. The van der Waals surface area contributed by atoms with E-state index in [2.05, 4.69) is 5.32 Å². The van der Waals surface area contributed by atoms with Gasteiger partial charge in [-0.3, -0.25) is 4.79 Å². The van der Waals surface area contributed by atoms with Crippen molar-refractivity contribution >= 4 is 5.91 Å². The van der Waals surface area contributed by atoms with Gasteiger partial charge in [0.05, 0.1) is 20.6 Å². The summed E-state index contributed by atoms with van der Waals surface area (Å²) >= 11 is 0. The fourth-order valence-corrected chi connectivity index (χ4v) is 2.46. The Labute approximate surface area is 137 Å². The molecule has 0 aliphatic carbocycles. The average Bonchev–Trinajstić information content (AvgIpc) is 2.56. The summed E-state index contributed by atoms with van der Waals surface area (Å²) in [6, 6.07) is 11.6. The van der Waals surface area contributed by atoms with Gasteiger partial charge in [0, 0.05) is 17.7 Å². The summed E-state index contributed by atoms with van der Waals surface area (Å²) in [6.07, 6.45) is 0.291. The molecule has 0 radical (unpaired) electrons. The van der Waals surface area contributed by atoms with Crippen LogP contribution in [0.15, 0.2) is 36.4 Å². The van der Waals surface area contributed by atoms with Gasteiger partial charge >= 0.3 is 0 Å². The molecular weight excluding hydrogens is 290 g/mol. The quantitative estimate of drug-likeness (QED) is 0.891. The van der Waals surface area contributed by atoms with E-state index >= 15 is 0 Å². The summed E-state index contributed by atoms with van der Waals surface area (Å²) in [5.41, 5.74) is 4.15. The van der Waals surface area contributed by atoms with E-state index in [1.54, 1.807) is 14.2 Å². The van der Waals surface area contributed by atoms with Crippen molar-refractivity contribution in [2.24, 2.45) is 0 Å². The van der Waals surface area contributed by atoms with Crippen LogP contribution in [0.3, 0.4) is 0 Å². The van der Waals surface area contributed by atoms with Gasteiger partial charge in [0.25, 0.3) is 0 Å². The largest absolute Gasteiger partial charge is 0.496 e. The molecule has 0 aliphatic rings. The van der Waals surface area contributed by atoms with Gasteiger partial charge in [-0.2, -0.15) is 0 Å². The number of hydrogen-bond acceptors (Lipinski definition) is 3. The molecule has 1 N–H and O–H groups in total. The maximum atomic E-state index is 12.2. The summed E-state index contributed by atoms with van der Waals surface area (Å²) in [7, 11) is 3.25. The van der Waals surface area contributed by atoms with E-state index in [0.29, 0.717) is 13.0 Å². The minimum absolute atomic E-state index is 0.0440. The lowest BCUT2D eigenvalue weighted by Gasteiger charge is -2.13. The SMILES string of the molecule is COc1ccccc1CNC(=O)Cc1cc(C)c(C)cc1OC. The smallest absolute Gasteiger partial charge is 0.224 e. The highest BCUT2D eigenvalue weighted by Gasteiger charge is 2.11. The Morgan fingerprint density at radius 1 is 0.957 bits per heavy atom. The molecule has 4 heteroatoms. The van der Waals surface area contributed by atoms with E-state index in [4.69, 9.17) is 9.47 Å². The highest BCUT2D eigenvalue weighted by molar-refractivity contribution is 5.79. The van der Waals surface area contributed by atoms with Gasteiger partial charge in [0.1, 0.15) is 11.5 Å². The zero-order valence-corrected chi connectivity index (χ0v) is 14.1. The van der Waals surface area contributed by atoms with Crippen LogP contribution in [0.2, 0.25) is 0 Å². The minimum atomic E-state index is -0.0440. The van der Waals surface area contributed by atoms with Crippen LogP contribution < -0.4 is 14.8 Å². The van der Waals surface area contributed by atoms with E-state index < -0.39 is 0 Å². The first-order valence-corrected chi connectivity index (χ1v) is 7.58. The Kier molecular flexibility index (Phi) is 5.63. The van der Waals surface area contributed by atoms with Gasteiger partial charge < -0.3 is 14.8 Å². The molecule has 0 atom stereocenters. The molecule has 2 aromatic rings. The molecule has 0 aromatic heterocycles. The fourth-order valence-electron chi connectivity index (χ4n) is 2.46. The van der Waals surface area contributed by atoms with E-state index in [9.17, 15) is 4.79 Å². The minimum Gasteiger partial charge on any atom is -0.496 e. The standard InChI is InChI=1S/C19H23NO3/c1-13-9-16(18(23-4)10-14(13)2)11-19(21)20-12-15-7-5-6-8-17(15)22-3/h5-10H,11-12H2,1-4H3,(H,20,21). The highest BCUT2D eigenvalue weighted by Crippen LogP contribution is 2.23. The number of nitrogens with one attached hydrogen (secondary N) is 1. The first kappa shape index (κ1) is 16.9. The van der Waals surface area contributed by atoms with Gasteiger partial charge in [-0.1, -0.05) is 24.3 Å². The molecule has 0 fully saturated rings. The maximum absolute atomic E-state index is 12.2. The van der Waals surface area contributed by atoms with Crippen LogP contribution in [0.4, 0.5) is 0 Å². The van der Waals surface area contributed by atoms with Crippen LogP contribution in [-0.4, -0.2) is 20.1 Å². The molecule has 23 heavy (non-hydrogen) atoms. The molecule has 122 valence electrons. The molecule has 2 rings (SSSR count). The van der Waals surface area contributed by atoms with Crippen LogP contribution >= 0.6 is 0 Å². The number of rotatable bonds is 6. The summed E-state index contributed by atoms with van der Waals surface area (Å²) in [5.74, 6) is 1.48. The Balaban J connectivity index is 2.04. The van der Waals surface area contributed by atoms with Gasteiger partial charge in [-0.25, -0.2) is 0 Å². The molecule has 4 nitrogen and oxygen atoms in total. The van der Waals surface area contributed by atoms with Crippen molar-refractivity contribution in [1.82, 2.24) is 5.32 Å². The van der Waals surface area contributed by atoms with Crippen molar-refractivity contribution in [3.05, 3.63) is 58.7 Å². The number of aryl methyl sites for hydroxylation is 2. The zero-order chi connectivity index (χ0) is 16.8. The second-order valence-electron chi connectivity index (χ2n) is 5.51. The van der Waals surface area contributed by atoms with Gasteiger partial charge in [-0.15, -0.1) is 0 Å². The third-order valence-electron chi connectivity index (χ3n) is 3.92. The number of hydrogen-bond donors (Lipinski definition) is 1. The first-order chi connectivity index (χ1) is 11.0. The van der Waals surface area contributed by atoms with Crippen LogP contribution in [-0.2, 0) is 17.8 Å². The number of carbonyl (C=O) groups excluding carboxylic acids is 1. The summed E-state index contributed by atoms with van der Waals surface area (Å²) in [5, 5.41) is 2.93. The number of ether oxygens (including phenoxy) is 2. The van der Waals surface area contributed by atoms with Crippen LogP contribution in [0, 0.1) is 13.8 Å². The van der Waals surface area contributed by atoms with Gasteiger partial charge in [0.2, 0.25) is 5.91 Å². The predicted octanol–water partition coefficient (Wildman–Crippen LogP) is 3.18. The lowest BCUT2D eigenvalue weighted by Crippen LogP contribution is -2.25. The Bertz CT molecular complexity index is 695. The Hall–Kier alpha value is -2.49. The molecule has 0 saturated carbocycles. The van der Waals surface area contributed by atoms with Crippen molar-refractivity contribution in [2.45, 2.75) is 26.8 Å². The lowest BCUT2D eigenvalue weighted by atomic mass is 10.0. The number of para-hydroxylation sites is 1. The number of methoxy groups -OCH3 is 2. The number of amides is 1. The molecule has 1 amide bonds. The molecule has 0 unspecified atom stereocenters. The number of carbonyl (C=O) groups is 1. The summed E-state index contributed by atoms with van der Waals surface area (Å²) in [6.45, 7) is 4.50. The topological polar surface area (TPSA) is 47.6 Å². The normalized spacial score (nSPS) is 10.3. The predicted molar refractivity (Wildman–Crippen MR) is 91.0 cm³/mol. The lowest BCUT2D eigenvalue weighted by molar-refractivity contribution is -0.120. The third kappa shape index (κ3) is 4.25. The molecular formula is C19H23NO3. The zero-order valence-electron chi connectivity index (χ0n) is 14.1. The van der Waals surface area contributed by atoms with E-state index in [1.165, 1.54) is 0 Å². The van der Waals surface area contributed by atoms with Crippen LogP contribution in [0.5, 0.6) is 11.5 Å². The highest BCUT2D eigenvalue weighted by atomic mass is 16.5. The van der Waals surface area contributed by atoms with Crippen LogP contribution in [0.25, 0.3) is 0 Å². The van der Waals surface area contributed by atoms with Crippen LogP contribution in [0.1, 0.15) is 22.3 Å². The Morgan fingerprint density at radius 3 is 2.30 bits per heavy atom. The van der Waals surface area contributed by atoms with Crippen molar-refractivity contribution in [3.8, 4) is 11.5 Å². The molecule has 0 saturated heterocycles. The first-order valence-electron chi connectivity index (χ1n) is 7.58. The molecule has 2 aromatic carbocycles. The van der Waals surface area contributed by atoms with Gasteiger partial charge in [0.15, 0.2) is 0 Å². The molecule has 0 aliphatic heterocycles. The summed E-state index contributed by atoms with van der Waals surface area (Å²) in [4.78, 5) is 12.2. The van der Waals surface area contributed by atoms with E-state index in [1.807, 2.05) is 50.2 Å². The second-order valence-corrected chi connectivity index (χ2v) is 5.51. The van der Waals surface area contributed by atoms with E-state index in [-0.39, 0.29) is 5.91 Å². The third-order valence-corrected chi connectivity index (χ3v) is 3.92. The molecule has 0 bridgehead atoms. The van der Waals surface area contributed by atoms with E-state index in [0.717, 1.165) is 33.8 Å². The number of benzene rings is 2. The fraction of sp³-hybridized carbons (Fsp3) is 0.316. The average molecular weight is 313 g/mol. The molecule has 0 heterocycles. The van der Waals surface area contributed by atoms with Crippen molar-refractivity contribution in [2.75, 3.05) is 14.2 Å². The van der Waals surface area contributed by atoms with Crippen molar-refractivity contribution < 1.29 is 14.3 Å². The Morgan fingerprint density at radius 2 is 1.61 bits per heavy atom. The summed E-state index contributed by atoms with van der Waals surface area (Å²) < 4.78 is 10.7.